The van der Waals surface area contributed by atoms with Gasteiger partial charge in [0.25, 0.3) is 5.91 Å². The molecule has 0 saturated heterocycles. The first-order chi connectivity index (χ1) is 20.0. The van der Waals surface area contributed by atoms with Crippen LogP contribution in [0.25, 0.3) is 0 Å². The van der Waals surface area contributed by atoms with Gasteiger partial charge in [-0.1, -0.05) is 107 Å². The first-order valence-corrected chi connectivity index (χ1v) is 15.4. The van der Waals surface area contributed by atoms with E-state index >= 15 is 0 Å². The zero-order valence-electron chi connectivity index (χ0n) is 25.2. The van der Waals surface area contributed by atoms with Crippen LogP contribution in [0.4, 0.5) is 0 Å². The maximum atomic E-state index is 13.4. The van der Waals surface area contributed by atoms with Crippen molar-refractivity contribution in [3.63, 3.8) is 0 Å². The van der Waals surface area contributed by atoms with E-state index in [1.807, 2.05) is 48.9 Å². The van der Waals surface area contributed by atoms with Gasteiger partial charge in [-0.05, 0) is 62.0 Å². The third kappa shape index (κ3) is 13.6. The molecule has 1 aromatic rings. The van der Waals surface area contributed by atoms with E-state index in [0.29, 0.717) is 18.4 Å². The molecule has 0 aromatic heterocycles. The molecule has 0 spiro atoms. The molecule has 0 aliphatic heterocycles. The van der Waals surface area contributed by atoms with Gasteiger partial charge in [0.2, 0.25) is 0 Å². The summed E-state index contributed by atoms with van der Waals surface area (Å²) in [5, 5.41) is 12.1. The van der Waals surface area contributed by atoms with Gasteiger partial charge >= 0.3 is 5.97 Å². The van der Waals surface area contributed by atoms with Crippen LogP contribution in [-0.2, 0) is 9.59 Å². The number of nitrogens with one attached hydrogen (secondary N) is 1. The standard InChI is InChI=1S/C35H49N3O3/c1-4-7-11-18-28(17-6-3)27-37-32-24-23-30(26-33(32)36-25-16-10-15-22-34(39)40)35(41)38-31(21-12-8-5-2)29-19-13-9-14-20-29/h9,11,13-14,17-20,23-27,31-33H,4-8,10,12,15-16,21-22H2,1-3H3,(H,38,41)(H,39,40)/b18-11-,28-17+,36-25?,37-27?. The number of rotatable bonds is 19. The van der Waals surface area contributed by atoms with E-state index in [1.54, 1.807) is 0 Å². The second kappa shape index (κ2) is 20.4. The van der Waals surface area contributed by atoms with E-state index in [-0.39, 0.29) is 30.5 Å². The Bertz CT molecular complexity index is 1100. The van der Waals surface area contributed by atoms with E-state index in [2.05, 4.69) is 56.4 Å². The molecule has 2 rings (SSSR count). The molecule has 2 N–H and O–H groups in total. The van der Waals surface area contributed by atoms with E-state index in [0.717, 1.165) is 62.5 Å². The Balaban J connectivity index is 2.22. The number of unbranched alkanes of at least 4 members (excludes halogenated alkanes) is 5. The number of carbonyl (C=O) groups excluding carboxylic acids is 1. The molecule has 1 aliphatic carbocycles. The number of carbonyl (C=O) groups is 2. The summed E-state index contributed by atoms with van der Waals surface area (Å²) in [5.41, 5.74) is 2.77. The summed E-state index contributed by atoms with van der Waals surface area (Å²) in [4.78, 5) is 33.9. The molecule has 222 valence electrons. The van der Waals surface area contributed by atoms with Crippen LogP contribution in [0.15, 0.2) is 87.9 Å². The van der Waals surface area contributed by atoms with Gasteiger partial charge in [-0.15, -0.1) is 0 Å². The highest BCUT2D eigenvalue weighted by molar-refractivity contribution is 5.97. The number of nitrogens with zero attached hydrogens (tertiary/aromatic N) is 2. The van der Waals surface area contributed by atoms with Crippen molar-refractivity contribution >= 4 is 24.3 Å². The van der Waals surface area contributed by atoms with Gasteiger partial charge in [0.05, 0.1) is 18.1 Å². The van der Waals surface area contributed by atoms with Gasteiger partial charge < -0.3 is 10.4 Å². The summed E-state index contributed by atoms with van der Waals surface area (Å²) in [6.45, 7) is 6.45. The molecule has 3 unspecified atom stereocenters. The van der Waals surface area contributed by atoms with Gasteiger partial charge in [-0.25, -0.2) is 0 Å². The fraction of sp³-hybridized carbons (Fsp3) is 0.486. The SMILES string of the molecule is CC/C=C(C=NC1C=CC(C(=O)NC(CCCCC)c2ccccc2)=CC1N=CCCCCC(=O)O)\C=C/CCC. The highest BCUT2D eigenvalue weighted by Gasteiger charge is 2.23. The van der Waals surface area contributed by atoms with E-state index in [1.165, 1.54) is 0 Å². The van der Waals surface area contributed by atoms with Crippen molar-refractivity contribution in [2.75, 3.05) is 0 Å². The van der Waals surface area contributed by atoms with Crippen molar-refractivity contribution in [1.29, 1.82) is 0 Å². The maximum absolute atomic E-state index is 13.4. The zero-order valence-corrected chi connectivity index (χ0v) is 25.2. The lowest BCUT2D eigenvalue weighted by molar-refractivity contribution is -0.137. The minimum atomic E-state index is -0.778. The summed E-state index contributed by atoms with van der Waals surface area (Å²) in [6.07, 6.45) is 25.4. The molecule has 0 fully saturated rings. The Morgan fingerprint density at radius 3 is 2.49 bits per heavy atom. The zero-order chi connectivity index (χ0) is 29.7. The summed E-state index contributed by atoms with van der Waals surface area (Å²) >= 11 is 0. The van der Waals surface area contributed by atoms with Crippen LogP contribution in [-0.4, -0.2) is 41.5 Å². The number of benzene rings is 1. The first kappa shape index (κ1) is 33.7. The van der Waals surface area contributed by atoms with E-state index in [4.69, 9.17) is 15.1 Å². The third-order valence-electron chi connectivity index (χ3n) is 6.89. The molecule has 3 atom stereocenters. The van der Waals surface area contributed by atoms with Crippen LogP contribution in [0.1, 0.15) is 103 Å². The number of amides is 1. The fourth-order valence-corrected chi connectivity index (χ4v) is 4.59. The van der Waals surface area contributed by atoms with Crippen LogP contribution in [0.5, 0.6) is 0 Å². The van der Waals surface area contributed by atoms with Gasteiger partial charge in [0.1, 0.15) is 0 Å². The molecule has 0 heterocycles. The largest absolute Gasteiger partial charge is 0.481 e. The number of hydrogen-bond donors (Lipinski definition) is 2. The second-order valence-corrected chi connectivity index (χ2v) is 10.4. The van der Waals surface area contributed by atoms with Crippen LogP contribution in [0.2, 0.25) is 0 Å². The van der Waals surface area contributed by atoms with Crippen molar-refractivity contribution in [3.8, 4) is 0 Å². The van der Waals surface area contributed by atoms with E-state index < -0.39 is 5.97 Å². The normalized spacial score (nSPS) is 18.3. The highest BCUT2D eigenvalue weighted by atomic mass is 16.4. The number of hydrogen-bond acceptors (Lipinski definition) is 4. The Labute approximate surface area is 247 Å². The van der Waals surface area contributed by atoms with Crippen LogP contribution >= 0.6 is 0 Å². The molecular weight excluding hydrogens is 510 g/mol. The van der Waals surface area contributed by atoms with Crippen LogP contribution < -0.4 is 5.32 Å². The van der Waals surface area contributed by atoms with Crippen molar-refractivity contribution in [1.82, 2.24) is 5.32 Å². The molecule has 6 nitrogen and oxygen atoms in total. The monoisotopic (exact) mass is 559 g/mol. The number of aliphatic imine (C=N–C) groups is 2. The molecular formula is C35H49N3O3. The number of allylic oxidation sites excluding steroid dienone is 4. The topological polar surface area (TPSA) is 91.1 Å². The van der Waals surface area contributed by atoms with Crippen molar-refractivity contribution in [3.05, 3.63) is 83.5 Å². The third-order valence-corrected chi connectivity index (χ3v) is 6.89. The van der Waals surface area contributed by atoms with Gasteiger partial charge in [0.15, 0.2) is 0 Å². The van der Waals surface area contributed by atoms with Crippen molar-refractivity contribution in [2.45, 2.75) is 110 Å². The van der Waals surface area contributed by atoms with Gasteiger partial charge in [-0.3, -0.25) is 19.6 Å². The quantitative estimate of drug-likeness (QED) is 0.102. The Kier molecular flexibility index (Phi) is 16.7. The lowest BCUT2D eigenvalue weighted by Crippen LogP contribution is -2.32. The molecule has 0 bridgehead atoms. The number of aliphatic carboxylic acids is 1. The second-order valence-electron chi connectivity index (χ2n) is 10.4. The average Bonchev–Trinajstić information content (AvgIpc) is 2.97. The maximum Gasteiger partial charge on any atom is 0.303 e. The van der Waals surface area contributed by atoms with Crippen molar-refractivity contribution in [2.24, 2.45) is 9.98 Å². The predicted molar refractivity (Wildman–Crippen MR) is 172 cm³/mol. The number of carboxylic acid groups (broad SMARTS) is 1. The lowest BCUT2D eigenvalue weighted by Gasteiger charge is -2.23. The van der Waals surface area contributed by atoms with Crippen LogP contribution in [0.3, 0.4) is 0 Å². The molecule has 0 radical (unpaired) electrons. The molecule has 1 aromatic carbocycles. The Morgan fingerprint density at radius 1 is 0.976 bits per heavy atom. The minimum absolute atomic E-state index is 0.0480. The molecule has 6 heteroatoms. The smallest absolute Gasteiger partial charge is 0.303 e. The van der Waals surface area contributed by atoms with Crippen molar-refractivity contribution < 1.29 is 14.7 Å². The summed E-state index contributed by atoms with van der Waals surface area (Å²) in [7, 11) is 0. The van der Waals surface area contributed by atoms with Crippen LogP contribution in [0, 0.1) is 0 Å². The number of carboxylic acids is 1. The van der Waals surface area contributed by atoms with Gasteiger partial charge in [0, 0.05) is 18.2 Å². The van der Waals surface area contributed by atoms with Gasteiger partial charge in [-0.2, -0.15) is 0 Å². The molecule has 1 amide bonds. The highest BCUT2D eigenvalue weighted by Crippen LogP contribution is 2.23. The Hall–Kier alpha value is -3.54. The van der Waals surface area contributed by atoms with E-state index in [9.17, 15) is 9.59 Å². The Morgan fingerprint density at radius 2 is 1.78 bits per heavy atom. The molecule has 41 heavy (non-hydrogen) atoms. The predicted octanol–water partition coefficient (Wildman–Crippen LogP) is 8.14. The average molecular weight is 560 g/mol. The molecule has 0 saturated carbocycles. The lowest BCUT2D eigenvalue weighted by atomic mass is 9.96. The summed E-state index contributed by atoms with van der Waals surface area (Å²) in [5.74, 6) is -0.885. The summed E-state index contributed by atoms with van der Waals surface area (Å²) in [6, 6.07) is 9.57. The first-order valence-electron chi connectivity index (χ1n) is 15.4. The molecule has 1 aliphatic rings. The summed E-state index contributed by atoms with van der Waals surface area (Å²) < 4.78 is 0. The minimum Gasteiger partial charge on any atom is -0.481 e. The fourth-order valence-electron chi connectivity index (χ4n) is 4.59.